The molecule has 1 N–H and O–H groups in total. The zero-order valence-electron chi connectivity index (χ0n) is 18.2. The predicted octanol–water partition coefficient (Wildman–Crippen LogP) is 5.72. The van der Waals surface area contributed by atoms with Crippen molar-refractivity contribution in [2.24, 2.45) is 0 Å². The van der Waals surface area contributed by atoms with Gasteiger partial charge in [0.2, 0.25) is 5.91 Å². The minimum atomic E-state index is -0.495. The molecule has 152 valence electrons. The van der Waals surface area contributed by atoms with Gasteiger partial charge in [-0.05, 0) is 53.2 Å². The Morgan fingerprint density at radius 3 is 1.93 bits per heavy atom. The van der Waals surface area contributed by atoms with Crippen molar-refractivity contribution < 1.29 is 9.59 Å². The summed E-state index contributed by atoms with van der Waals surface area (Å²) in [4.78, 5) is 25.4. The molecule has 1 aromatic carbocycles. The lowest BCUT2D eigenvalue weighted by Gasteiger charge is -2.35. The molecule has 0 atom stereocenters. The van der Waals surface area contributed by atoms with E-state index in [9.17, 15) is 9.59 Å². The molecule has 0 spiro atoms. The fourth-order valence-electron chi connectivity index (χ4n) is 3.17. The highest BCUT2D eigenvalue weighted by molar-refractivity contribution is 5.96. The van der Waals surface area contributed by atoms with Gasteiger partial charge in [0.15, 0.2) is 0 Å². The molecule has 2 amide bonds. The quantitative estimate of drug-likeness (QED) is 0.444. The van der Waals surface area contributed by atoms with E-state index in [1.165, 1.54) is 37.1 Å². The number of rotatable bonds is 9. The standard InChI is InChI=1S/C23H38N2O2/c1-7-8-9-10-11-12-13-14-21(26)24-25(23(4,5)6)22(27)20-16-18(2)15-19(3)17-20/h15-17H,7-14H2,1-6H3,(H,24,26). The van der Waals surface area contributed by atoms with Crippen LogP contribution in [0, 0.1) is 13.8 Å². The van der Waals surface area contributed by atoms with Crippen LogP contribution in [0.5, 0.6) is 0 Å². The fraction of sp³-hybridized carbons (Fsp3) is 0.652. The Bertz CT molecular complexity index is 597. The maximum atomic E-state index is 13.0. The molecule has 0 aliphatic rings. The SMILES string of the molecule is CCCCCCCCCC(=O)NN(C(=O)c1cc(C)cc(C)c1)C(C)(C)C. The molecule has 0 bridgehead atoms. The zero-order valence-corrected chi connectivity index (χ0v) is 18.2. The molecular weight excluding hydrogens is 336 g/mol. The number of benzene rings is 1. The molecule has 27 heavy (non-hydrogen) atoms. The Kier molecular flexibility index (Phi) is 9.54. The summed E-state index contributed by atoms with van der Waals surface area (Å²) in [5.74, 6) is -0.251. The van der Waals surface area contributed by atoms with Crippen molar-refractivity contribution in [3.05, 3.63) is 34.9 Å². The Balaban J connectivity index is 2.62. The van der Waals surface area contributed by atoms with Gasteiger partial charge in [-0.15, -0.1) is 0 Å². The molecule has 0 aliphatic carbocycles. The van der Waals surface area contributed by atoms with Crippen LogP contribution in [0.3, 0.4) is 0 Å². The molecule has 1 rings (SSSR count). The van der Waals surface area contributed by atoms with Gasteiger partial charge in [-0.2, -0.15) is 0 Å². The van der Waals surface area contributed by atoms with Crippen molar-refractivity contribution in [3.8, 4) is 0 Å². The third-order valence-corrected chi connectivity index (χ3v) is 4.59. The molecule has 0 aliphatic heterocycles. The second kappa shape index (κ2) is 11.1. The monoisotopic (exact) mass is 374 g/mol. The fourth-order valence-corrected chi connectivity index (χ4v) is 3.17. The van der Waals surface area contributed by atoms with Crippen LogP contribution in [-0.4, -0.2) is 22.4 Å². The van der Waals surface area contributed by atoms with Crippen molar-refractivity contribution in [3.63, 3.8) is 0 Å². The number of unbranched alkanes of at least 4 members (excludes halogenated alkanes) is 6. The number of aryl methyl sites for hydroxylation is 2. The number of amides is 2. The summed E-state index contributed by atoms with van der Waals surface area (Å²) in [6.45, 7) is 12.0. The second-order valence-corrected chi connectivity index (χ2v) is 8.59. The Morgan fingerprint density at radius 1 is 0.889 bits per heavy atom. The van der Waals surface area contributed by atoms with Crippen molar-refractivity contribution in [2.75, 3.05) is 0 Å². The Morgan fingerprint density at radius 2 is 1.41 bits per heavy atom. The van der Waals surface area contributed by atoms with Crippen LogP contribution in [0.1, 0.15) is 101 Å². The molecule has 0 aromatic heterocycles. The lowest BCUT2D eigenvalue weighted by atomic mass is 10.0. The van der Waals surface area contributed by atoms with Crippen LogP contribution >= 0.6 is 0 Å². The van der Waals surface area contributed by atoms with Crippen LogP contribution in [0.25, 0.3) is 0 Å². The van der Waals surface area contributed by atoms with E-state index in [1.54, 1.807) is 0 Å². The van der Waals surface area contributed by atoms with Crippen molar-refractivity contribution in [1.29, 1.82) is 0 Å². The number of hydrogen-bond acceptors (Lipinski definition) is 2. The topological polar surface area (TPSA) is 49.4 Å². The smallest absolute Gasteiger partial charge is 0.272 e. The molecular formula is C23H38N2O2. The van der Waals surface area contributed by atoms with Gasteiger partial charge in [-0.1, -0.05) is 62.6 Å². The first kappa shape index (κ1) is 23.2. The number of carbonyl (C=O) groups excluding carboxylic acids is 2. The summed E-state index contributed by atoms with van der Waals surface area (Å²) in [5, 5.41) is 1.48. The first-order valence-corrected chi connectivity index (χ1v) is 10.4. The molecule has 0 radical (unpaired) electrons. The second-order valence-electron chi connectivity index (χ2n) is 8.59. The summed E-state index contributed by atoms with van der Waals surface area (Å²) in [5.41, 5.74) is 5.05. The molecule has 0 saturated carbocycles. The van der Waals surface area contributed by atoms with E-state index in [0.717, 1.165) is 24.0 Å². The molecule has 0 unspecified atom stereocenters. The first-order chi connectivity index (χ1) is 12.6. The Labute approximate surface area is 165 Å². The van der Waals surface area contributed by atoms with E-state index < -0.39 is 5.54 Å². The van der Waals surface area contributed by atoms with E-state index in [2.05, 4.69) is 12.3 Å². The molecule has 4 heteroatoms. The van der Waals surface area contributed by atoms with Gasteiger partial charge in [-0.25, -0.2) is 5.01 Å². The Hall–Kier alpha value is -1.84. The normalized spacial score (nSPS) is 11.3. The van der Waals surface area contributed by atoms with Gasteiger partial charge in [-0.3, -0.25) is 15.0 Å². The highest BCUT2D eigenvalue weighted by Gasteiger charge is 2.29. The van der Waals surface area contributed by atoms with E-state index >= 15 is 0 Å². The van der Waals surface area contributed by atoms with Gasteiger partial charge < -0.3 is 0 Å². The number of nitrogens with one attached hydrogen (secondary N) is 1. The minimum absolute atomic E-state index is 0.0868. The largest absolute Gasteiger partial charge is 0.273 e. The average molecular weight is 375 g/mol. The third kappa shape index (κ3) is 8.59. The van der Waals surface area contributed by atoms with Gasteiger partial charge in [0.25, 0.3) is 5.91 Å². The zero-order chi connectivity index (χ0) is 20.4. The highest BCUT2D eigenvalue weighted by atomic mass is 16.2. The summed E-state index contributed by atoms with van der Waals surface area (Å²) in [6.07, 6.45) is 8.64. The number of carbonyl (C=O) groups is 2. The molecule has 4 nitrogen and oxygen atoms in total. The lowest BCUT2D eigenvalue weighted by molar-refractivity contribution is -0.127. The van der Waals surface area contributed by atoms with Crippen LogP contribution in [0.4, 0.5) is 0 Å². The van der Waals surface area contributed by atoms with Gasteiger partial charge in [0.05, 0.1) is 5.54 Å². The number of nitrogens with zero attached hydrogens (tertiary/aromatic N) is 1. The number of hydrazine groups is 1. The number of hydrogen-bond donors (Lipinski definition) is 1. The van der Waals surface area contributed by atoms with Gasteiger partial charge in [0, 0.05) is 12.0 Å². The first-order valence-electron chi connectivity index (χ1n) is 10.4. The summed E-state index contributed by atoms with van der Waals surface area (Å²) < 4.78 is 0. The minimum Gasteiger partial charge on any atom is -0.273 e. The van der Waals surface area contributed by atoms with E-state index in [0.29, 0.717) is 12.0 Å². The maximum absolute atomic E-state index is 13.0. The van der Waals surface area contributed by atoms with Crippen molar-refractivity contribution in [1.82, 2.24) is 10.4 Å². The molecule has 1 aromatic rings. The average Bonchev–Trinajstić information content (AvgIpc) is 2.56. The van der Waals surface area contributed by atoms with Crippen LogP contribution in [0.2, 0.25) is 0 Å². The van der Waals surface area contributed by atoms with Gasteiger partial charge in [0.1, 0.15) is 0 Å². The summed E-state index contributed by atoms with van der Waals surface area (Å²) in [6, 6.07) is 5.78. The summed E-state index contributed by atoms with van der Waals surface area (Å²) in [7, 11) is 0. The lowest BCUT2D eigenvalue weighted by Crippen LogP contribution is -2.55. The van der Waals surface area contributed by atoms with E-state index in [4.69, 9.17) is 0 Å². The van der Waals surface area contributed by atoms with Crippen molar-refractivity contribution in [2.45, 2.75) is 98.4 Å². The van der Waals surface area contributed by atoms with Crippen molar-refractivity contribution >= 4 is 11.8 Å². The van der Waals surface area contributed by atoms with Crippen LogP contribution in [0.15, 0.2) is 18.2 Å². The van der Waals surface area contributed by atoms with E-state index in [-0.39, 0.29) is 11.8 Å². The molecule has 0 saturated heterocycles. The molecule has 0 fully saturated rings. The molecule has 0 heterocycles. The van der Waals surface area contributed by atoms with Gasteiger partial charge >= 0.3 is 0 Å². The predicted molar refractivity (Wildman–Crippen MR) is 113 cm³/mol. The highest BCUT2D eigenvalue weighted by Crippen LogP contribution is 2.18. The van der Waals surface area contributed by atoms with Crippen LogP contribution in [-0.2, 0) is 4.79 Å². The third-order valence-electron chi connectivity index (χ3n) is 4.59. The van der Waals surface area contributed by atoms with Crippen LogP contribution < -0.4 is 5.43 Å². The van der Waals surface area contributed by atoms with E-state index in [1.807, 2.05) is 52.8 Å². The maximum Gasteiger partial charge on any atom is 0.272 e. The summed E-state index contributed by atoms with van der Waals surface area (Å²) >= 11 is 0.